The van der Waals surface area contributed by atoms with E-state index in [-0.39, 0.29) is 11.5 Å². The van der Waals surface area contributed by atoms with Crippen molar-refractivity contribution in [3.63, 3.8) is 0 Å². The highest BCUT2D eigenvalue weighted by atomic mass is 16.2. The Hall–Kier alpha value is -2.89. The Morgan fingerprint density at radius 1 is 1.35 bits per heavy atom. The van der Waals surface area contributed by atoms with E-state index in [2.05, 4.69) is 15.5 Å². The fourth-order valence-corrected chi connectivity index (χ4v) is 2.61. The summed E-state index contributed by atoms with van der Waals surface area (Å²) in [5.74, 6) is -0.805. The van der Waals surface area contributed by atoms with Gasteiger partial charge in [-0.25, -0.2) is 0 Å². The first-order chi connectivity index (χ1) is 12.5. The van der Waals surface area contributed by atoms with E-state index in [1.165, 1.54) is 18.0 Å². The molecule has 1 aliphatic heterocycles. The van der Waals surface area contributed by atoms with Crippen molar-refractivity contribution in [1.82, 2.24) is 15.5 Å². The second-order valence-electron chi connectivity index (χ2n) is 5.98. The first-order valence-electron chi connectivity index (χ1n) is 8.50. The number of benzene rings is 1. The molecule has 0 saturated carbocycles. The van der Waals surface area contributed by atoms with Crippen LogP contribution in [0.1, 0.15) is 6.92 Å². The molecular weight excluding hydrogens is 332 g/mol. The summed E-state index contributed by atoms with van der Waals surface area (Å²) in [5, 5.41) is 15.3. The third-order valence-electron chi connectivity index (χ3n) is 4.06. The van der Waals surface area contributed by atoms with Gasteiger partial charge in [-0.2, -0.15) is 5.26 Å². The molecule has 0 aromatic heterocycles. The predicted octanol–water partition coefficient (Wildman–Crippen LogP) is 0.0506. The van der Waals surface area contributed by atoms with Crippen LogP contribution in [0.15, 0.2) is 36.0 Å². The van der Waals surface area contributed by atoms with Crippen LogP contribution in [0.4, 0.5) is 11.4 Å². The van der Waals surface area contributed by atoms with Gasteiger partial charge >= 0.3 is 0 Å². The molecule has 0 unspecified atom stereocenters. The van der Waals surface area contributed by atoms with E-state index >= 15 is 0 Å². The second kappa shape index (κ2) is 9.56. The lowest BCUT2D eigenvalue weighted by molar-refractivity contribution is -0.117. The smallest absolute Gasteiger partial charge is 0.263 e. The summed E-state index contributed by atoms with van der Waals surface area (Å²) >= 11 is 0. The van der Waals surface area contributed by atoms with E-state index in [0.29, 0.717) is 17.9 Å². The lowest BCUT2D eigenvalue weighted by Crippen LogP contribution is -2.46. The normalized spacial score (nSPS) is 15.2. The van der Waals surface area contributed by atoms with E-state index in [0.717, 1.165) is 32.7 Å². The fraction of sp³-hybridized carbons (Fsp3) is 0.389. The van der Waals surface area contributed by atoms with Crippen molar-refractivity contribution in [2.75, 3.05) is 49.9 Å². The van der Waals surface area contributed by atoms with Crippen molar-refractivity contribution < 1.29 is 9.59 Å². The quantitative estimate of drug-likeness (QED) is 0.377. The molecule has 1 saturated heterocycles. The van der Waals surface area contributed by atoms with Gasteiger partial charge in [0.1, 0.15) is 11.6 Å². The van der Waals surface area contributed by atoms with Gasteiger partial charge in [0.25, 0.3) is 5.91 Å². The van der Waals surface area contributed by atoms with Crippen molar-refractivity contribution in [3.8, 4) is 6.07 Å². The number of amides is 2. The van der Waals surface area contributed by atoms with Crippen LogP contribution in [0.2, 0.25) is 0 Å². The monoisotopic (exact) mass is 356 g/mol. The number of nitrogens with one attached hydrogen (secondary N) is 2. The maximum absolute atomic E-state index is 12.3. The SMILES string of the molecule is CC(=O)N(/C=C(/C#N)C(=O)NCCN1CCNCC1)c1ccc(N)cc1. The van der Waals surface area contributed by atoms with Gasteiger partial charge in [0.05, 0.1) is 0 Å². The number of rotatable bonds is 6. The molecule has 26 heavy (non-hydrogen) atoms. The highest BCUT2D eigenvalue weighted by Gasteiger charge is 2.16. The lowest BCUT2D eigenvalue weighted by atomic mass is 10.2. The molecule has 138 valence electrons. The van der Waals surface area contributed by atoms with Crippen LogP contribution in [-0.4, -0.2) is 56.0 Å². The van der Waals surface area contributed by atoms with Gasteiger partial charge in [-0.15, -0.1) is 0 Å². The van der Waals surface area contributed by atoms with Gasteiger partial charge in [0.15, 0.2) is 0 Å². The van der Waals surface area contributed by atoms with Crippen molar-refractivity contribution in [2.45, 2.75) is 6.92 Å². The summed E-state index contributed by atoms with van der Waals surface area (Å²) in [5.41, 5.74) is 6.62. The van der Waals surface area contributed by atoms with Crippen LogP contribution < -0.4 is 21.3 Å². The maximum atomic E-state index is 12.3. The summed E-state index contributed by atoms with van der Waals surface area (Å²) in [6, 6.07) is 8.48. The standard InChI is InChI=1S/C18H24N6O2/c1-14(25)24(17-4-2-16(20)3-5-17)13-15(12-19)18(26)22-8-11-23-9-6-21-7-10-23/h2-5,13,21H,6-11,20H2,1H3,(H,22,26)/b15-13-. The Labute approximate surface area is 153 Å². The maximum Gasteiger partial charge on any atom is 0.263 e. The van der Waals surface area contributed by atoms with Gasteiger partial charge in [-0.3, -0.25) is 19.4 Å². The zero-order chi connectivity index (χ0) is 18.9. The Kier molecular flexibility index (Phi) is 7.14. The van der Waals surface area contributed by atoms with Crippen LogP contribution in [-0.2, 0) is 9.59 Å². The molecule has 2 rings (SSSR count). The lowest BCUT2D eigenvalue weighted by Gasteiger charge is -2.27. The third-order valence-corrected chi connectivity index (χ3v) is 4.06. The Bertz CT molecular complexity index is 701. The summed E-state index contributed by atoms with van der Waals surface area (Å²) in [4.78, 5) is 27.7. The Morgan fingerprint density at radius 3 is 2.58 bits per heavy atom. The van der Waals surface area contributed by atoms with Crippen LogP contribution in [0.25, 0.3) is 0 Å². The number of carbonyl (C=O) groups is 2. The van der Waals surface area contributed by atoms with Crippen molar-refractivity contribution in [3.05, 3.63) is 36.0 Å². The van der Waals surface area contributed by atoms with Gasteiger partial charge in [-0.05, 0) is 24.3 Å². The third kappa shape index (κ3) is 5.58. The second-order valence-corrected chi connectivity index (χ2v) is 5.98. The van der Waals surface area contributed by atoms with Gasteiger partial charge in [-0.1, -0.05) is 0 Å². The van der Waals surface area contributed by atoms with Crippen LogP contribution in [0.3, 0.4) is 0 Å². The summed E-state index contributed by atoms with van der Waals surface area (Å²) in [7, 11) is 0. The number of nitrogen functional groups attached to an aromatic ring is 1. The minimum atomic E-state index is -0.496. The van der Waals surface area contributed by atoms with Crippen molar-refractivity contribution in [2.24, 2.45) is 0 Å². The minimum absolute atomic E-state index is 0.127. The average Bonchev–Trinajstić information content (AvgIpc) is 2.64. The molecular formula is C18H24N6O2. The van der Waals surface area contributed by atoms with E-state index in [4.69, 9.17) is 5.73 Å². The topological polar surface area (TPSA) is 114 Å². The van der Waals surface area contributed by atoms with E-state index in [1.807, 2.05) is 6.07 Å². The molecule has 2 amide bonds. The first kappa shape index (κ1) is 19.4. The molecule has 0 radical (unpaired) electrons. The molecule has 0 atom stereocenters. The zero-order valence-electron chi connectivity index (χ0n) is 14.9. The molecule has 1 heterocycles. The van der Waals surface area contributed by atoms with E-state index < -0.39 is 5.91 Å². The van der Waals surface area contributed by atoms with Gasteiger partial charge in [0.2, 0.25) is 5.91 Å². The number of hydrogen-bond donors (Lipinski definition) is 3. The number of anilines is 2. The molecule has 0 spiro atoms. The summed E-state index contributed by atoms with van der Waals surface area (Å²) < 4.78 is 0. The molecule has 1 aromatic carbocycles. The molecule has 1 fully saturated rings. The summed E-state index contributed by atoms with van der Waals surface area (Å²) in [6.45, 7) is 6.28. The molecule has 0 bridgehead atoms. The largest absolute Gasteiger partial charge is 0.399 e. The van der Waals surface area contributed by atoms with Crippen molar-refractivity contribution >= 4 is 23.2 Å². The summed E-state index contributed by atoms with van der Waals surface area (Å²) in [6.07, 6.45) is 1.26. The fourth-order valence-electron chi connectivity index (χ4n) is 2.61. The van der Waals surface area contributed by atoms with Gasteiger partial charge in [0, 0.05) is 63.8 Å². The van der Waals surface area contributed by atoms with E-state index in [9.17, 15) is 14.9 Å². The molecule has 4 N–H and O–H groups in total. The molecule has 1 aliphatic rings. The molecule has 8 heteroatoms. The number of nitrogens with zero attached hydrogens (tertiary/aromatic N) is 3. The number of nitriles is 1. The molecule has 8 nitrogen and oxygen atoms in total. The molecule has 1 aromatic rings. The number of carbonyl (C=O) groups excluding carboxylic acids is 2. The van der Waals surface area contributed by atoms with Crippen LogP contribution >= 0.6 is 0 Å². The Morgan fingerprint density at radius 2 is 2.00 bits per heavy atom. The van der Waals surface area contributed by atoms with Gasteiger partial charge < -0.3 is 16.4 Å². The van der Waals surface area contributed by atoms with E-state index in [1.54, 1.807) is 24.3 Å². The number of piperazine rings is 1. The van der Waals surface area contributed by atoms with Crippen LogP contribution in [0, 0.1) is 11.3 Å². The predicted molar refractivity (Wildman–Crippen MR) is 100 cm³/mol. The first-order valence-corrected chi connectivity index (χ1v) is 8.50. The Balaban J connectivity index is 2.01. The number of nitrogens with two attached hydrogens (primary N) is 1. The zero-order valence-corrected chi connectivity index (χ0v) is 14.9. The molecule has 0 aliphatic carbocycles. The minimum Gasteiger partial charge on any atom is -0.399 e. The average molecular weight is 356 g/mol. The highest BCUT2D eigenvalue weighted by Crippen LogP contribution is 2.18. The number of hydrogen-bond acceptors (Lipinski definition) is 6. The highest BCUT2D eigenvalue weighted by molar-refractivity contribution is 6.01. The van der Waals surface area contributed by atoms with Crippen molar-refractivity contribution in [1.29, 1.82) is 5.26 Å². The van der Waals surface area contributed by atoms with Crippen LogP contribution in [0.5, 0.6) is 0 Å².